The normalized spacial score (nSPS) is 37.5. The Morgan fingerprint density at radius 2 is 2.31 bits per heavy atom. The maximum absolute atomic E-state index is 5.76. The molecular formula is C11H16O2. The van der Waals surface area contributed by atoms with Crippen molar-refractivity contribution in [2.45, 2.75) is 44.7 Å². The quantitative estimate of drug-likeness (QED) is 0.606. The molecule has 0 aromatic carbocycles. The van der Waals surface area contributed by atoms with Crippen LogP contribution in [0.25, 0.3) is 0 Å². The topological polar surface area (TPSA) is 18.5 Å². The fourth-order valence-electron chi connectivity index (χ4n) is 1.89. The van der Waals surface area contributed by atoms with Gasteiger partial charge in [-0.25, -0.2) is 0 Å². The summed E-state index contributed by atoms with van der Waals surface area (Å²) in [6, 6.07) is 0. The van der Waals surface area contributed by atoms with Crippen LogP contribution in [0.4, 0.5) is 0 Å². The van der Waals surface area contributed by atoms with Gasteiger partial charge in [0.2, 0.25) is 0 Å². The van der Waals surface area contributed by atoms with Gasteiger partial charge in [-0.15, -0.1) is 0 Å². The lowest BCUT2D eigenvalue weighted by Gasteiger charge is -2.32. The fraction of sp³-hybridized carbons (Fsp3) is 0.636. The van der Waals surface area contributed by atoms with Crippen molar-refractivity contribution < 1.29 is 9.47 Å². The molecule has 2 bridgehead atoms. The maximum atomic E-state index is 5.76. The second-order valence-corrected chi connectivity index (χ2v) is 3.99. The van der Waals surface area contributed by atoms with Crippen LogP contribution in [0.5, 0.6) is 0 Å². The van der Waals surface area contributed by atoms with E-state index in [0.717, 1.165) is 6.42 Å². The molecule has 1 fully saturated rings. The molecule has 0 unspecified atom stereocenters. The van der Waals surface area contributed by atoms with Crippen molar-refractivity contribution in [3.63, 3.8) is 0 Å². The van der Waals surface area contributed by atoms with Crippen molar-refractivity contribution in [2.24, 2.45) is 0 Å². The molecule has 2 aliphatic heterocycles. The standard InChI is InChI=1S/C11H16O2/c1-7(2)12-11-8(3)6-9-4-5-10(11)13-9/h4-5,7,9-11H,3,6H2,1-2H3/t9-,10+,11+/m1/s1. The Hall–Kier alpha value is -0.600. The minimum absolute atomic E-state index is 0.0648. The highest BCUT2D eigenvalue weighted by molar-refractivity contribution is 5.22. The van der Waals surface area contributed by atoms with Crippen LogP contribution in [0.2, 0.25) is 0 Å². The van der Waals surface area contributed by atoms with Gasteiger partial charge in [-0.3, -0.25) is 0 Å². The largest absolute Gasteiger partial charge is 0.368 e. The molecule has 1 saturated heterocycles. The average Bonchev–Trinajstić information content (AvgIpc) is 2.42. The first-order valence-corrected chi connectivity index (χ1v) is 4.83. The zero-order chi connectivity index (χ0) is 9.42. The summed E-state index contributed by atoms with van der Waals surface area (Å²) in [6.45, 7) is 8.12. The third-order valence-corrected chi connectivity index (χ3v) is 2.43. The summed E-state index contributed by atoms with van der Waals surface area (Å²) >= 11 is 0. The van der Waals surface area contributed by atoms with Crippen molar-refractivity contribution in [1.82, 2.24) is 0 Å². The molecule has 2 aliphatic rings. The van der Waals surface area contributed by atoms with Crippen molar-refractivity contribution in [3.05, 3.63) is 24.3 Å². The molecule has 72 valence electrons. The molecule has 3 atom stereocenters. The molecular weight excluding hydrogens is 164 g/mol. The molecule has 2 heterocycles. The van der Waals surface area contributed by atoms with E-state index in [0.29, 0.717) is 0 Å². The van der Waals surface area contributed by atoms with E-state index in [4.69, 9.17) is 9.47 Å². The first-order valence-electron chi connectivity index (χ1n) is 4.83. The van der Waals surface area contributed by atoms with Crippen LogP contribution in [-0.4, -0.2) is 24.4 Å². The third kappa shape index (κ3) is 1.69. The van der Waals surface area contributed by atoms with Crippen LogP contribution in [0, 0.1) is 0 Å². The Morgan fingerprint density at radius 3 is 3.00 bits per heavy atom. The lowest BCUT2D eigenvalue weighted by Crippen LogP contribution is -2.38. The van der Waals surface area contributed by atoms with E-state index in [9.17, 15) is 0 Å². The van der Waals surface area contributed by atoms with E-state index in [1.54, 1.807) is 0 Å². The molecule has 0 amide bonds. The van der Waals surface area contributed by atoms with Crippen molar-refractivity contribution in [3.8, 4) is 0 Å². The van der Waals surface area contributed by atoms with Gasteiger partial charge in [-0.05, 0) is 19.4 Å². The monoisotopic (exact) mass is 180 g/mol. The minimum atomic E-state index is 0.0648. The van der Waals surface area contributed by atoms with Gasteiger partial charge in [0, 0.05) is 6.42 Å². The van der Waals surface area contributed by atoms with Gasteiger partial charge < -0.3 is 9.47 Å². The molecule has 2 nitrogen and oxygen atoms in total. The lowest BCUT2D eigenvalue weighted by atomic mass is 10.0. The second-order valence-electron chi connectivity index (χ2n) is 3.99. The van der Waals surface area contributed by atoms with E-state index in [-0.39, 0.29) is 24.4 Å². The molecule has 0 aliphatic carbocycles. The minimum Gasteiger partial charge on any atom is -0.368 e. The van der Waals surface area contributed by atoms with Crippen LogP contribution in [0.1, 0.15) is 20.3 Å². The van der Waals surface area contributed by atoms with Gasteiger partial charge in [-0.1, -0.05) is 18.7 Å². The lowest BCUT2D eigenvalue weighted by molar-refractivity contribution is -0.0842. The molecule has 0 N–H and O–H groups in total. The van der Waals surface area contributed by atoms with Crippen LogP contribution in [0.3, 0.4) is 0 Å². The van der Waals surface area contributed by atoms with Crippen molar-refractivity contribution in [2.75, 3.05) is 0 Å². The highest BCUT2D eigenvalue weighted by Crippen LogP contribution is 2.32. The summed E-state index contributed by atoms with van der Waals surface area (Å²) in [5, 5.41) is 0. The summed E-state index contributed by atoms with van der Waals surface area (Å²) in [4.78, 5) is 0. The Morgan fingerprint density at radius 1 is 1.54 bits per heavy atom. The zero-order valence-corrected chi connectivity index (χ0v) is 8.19. The van der Waals surface area contributed by atoms with E-state index in [1.165, 1.54) is 5.57 Å². The fourth-order valence-corrected chi connectivity index (χ4v) is 1.89. The summed E-state index contributed by atoms with van der Waals surface area (Å²) < 4.78 is 11.4. The zero-order valence-electron chi connectivity index (χ0n) is 8.19. The number of hydrogen-bond acceptors (Lipinski definition) is 2. The van der Waals surface area contributed by atoms with E-state index in [1.807, 2.05) is 13.8 Å². The molecule has 0 spiro atoms. The maximum Gasteiger partial charge on any atom is 0.108 e. The Labute approximate surface area is 79.2 Å². The molecule has 0 aromatic rings. The summed E-state index contributed by atoms with van der Waals surface area (Å²) in [6.07, 6.45) is 5.77. The van der Waals surface area contributed by atoms with Gasteiger partial charge in [0.1, 0.15) is 12.2 Å². The number of fused-ring (bicyclic) bond motifs is 2. The summed E-state index contributed by atoms with van der Waals surface area (Å²) in [7, 11) is 0. The average molecular weight is 180 g/mol. The first kappa shape index (κ1) is 8.97. The van der Waals surface area contributed by atoms with Gasteiger partial charge in [-0.2, -0.15) is 0 Å². The molecule has 0 radical (unpaired) electrons. The van der Waals surface area contributed by atoms with Crippen LogP contribution in [-0.2, 0) is 9.47 Å². The SMILES string of the molecule is C=C1C[C@H]2C=C[C@H](O2)[C@H]1OC(C)C. The Balaban J connectivity index is 2.07. The first-order chi connectivity index (χ1) is 6.16. The van der Waals surface area contributed by atoms with E-state index >= 15 is 0 Å². The molecule has 2 heteroatoms. The molecule has 0 aromatic heterocycles. The van der Waals surface area contributed by atoms with Crippen LogP contribution >= 0.6 is 0 Å². The van der Waals surface area contributed by atoms with Gasteiger partial charge in [0.05, 0.1) is 12.2 Å². The van der Waals surface area contributed by atoms with E-state index < -0.39 is 0 Å². The highest BCUT2D eigenvalue weighted by atomic mass is 16.6. The van der Waals surface area contributed by atoms with Gasteiger partial charge in [0.25, 0.3) is 0 Å². The predicted molar refractivity (Wildman–Crippen MR) is 51.6 cm³/mol. The Kier molecular flexibility index (Phi) is 2.26. The van der Waals surface area contributed by atoms with Crippen molar-refractivity contribution >= 4 is 0 Å². The second kappa shape index (κ2) is 3.28. The number of ether oxygens (including phenoxy) is 2. The third-order valence-electron chi connectivity index (χ3n) is 2.43. The van der Waals surface area contributed by atoms with Crippen LogP contribution < -0.4 is 0 Å². The summed E-state index contributed by atoms with van der Waals surface area (Å²) in [5.41, 5.74) is 1.17. The number of rotatable bonds is 2. The summed E-state index contributed by atoms with van der Waals surface area (Å²) in [5.74, 6) is 0. The molecule has 2 rings (SSSR count). The Bertz CT molecular complexity index is 242. The number of hydrogen-bond donors (Lipinski definition) is 0. The van der Waals surface area contributed by atoms with Gasteiger partial charge in [0.15, 0.2) is 0 Å². The molecule has 0 saturated carbocycles. The molecule has 13 heavy (non-hydrogen) atoms. The smallest absolute Gasteiger partial charge is 0.108 e. The predicted octanol–water partition coefficient (Wildman–Crippen LogP) is 2.06. The van der Waals surface area contributed by atoms with Gasteiger partial charge >= 0.3 is 0 Å². The van der Waals surface area contributed by atoms with E-state index in [2.05, 4.69) is 18.7 Å². The van der Waals surface area contributed by atoms with Crippen LogP contribution in [0.15, 0.2) is 24.3 Å². The van der Waals surface area contributed by atoms with Crippen molar-refractivity contribution in [1.29, 1.82) is 0 Å². The highest BCUT2D eigenvalue weighted by Gasteiger charge is 2.36.